The van der Waals surface area contributed by atoms with Crippen molar-refractivity contribution in [1.29, 1.82) is 0 Å². The van der Waals surface area contributed by atoms with E-state index in [1.807, 2.05) is 48.5 Å². The van der Waals surface area contributed by atoms with Gasteiger partial charge in [-0.15, -0.1) is 0 Å². The smallest absolute Gasteiger partial charge is 0.256 e. The lowest BCUT2D eigenvalue weighted by Crippen LogP contribution is -2.16. The molecule has 154 valence electrons. The van der Waals surface area contributed by atoms with Crippen LogP contribution in [-0.4, -0.2) is 17.0 Å². The van der Waals surface area contributed by atoms with Crippen molar-refractivity contribution < 1.29 is 4.79 Å². The minimum Gasteiger partial charge on any atom is -0.327 e. The van der Waals surface area contributed by atoms with E-state index in [1.54, 1.807) is 0 Å². The van der Waals surface area contributed by atoms with E-state index in [2.05, 4.69) is 53.6 Å². The van der Waals surface area contributed by atoms with Crippen molar-refractivity contribution >= 4 is 33.6 Å². The number of hydrogen-bond donors (Lipinski definition) is 1. The number of nitrogens with one attached hydrogen (secondary N) is 1. The predicted molar refractivity (Wildman–Crippen MR) is 127 cm³/mol. The summed E-state index contributed by atoms with van der Waals surface area (Å²) in [5.41, 5.74) is 4.04. The molecule has 3 aromatic rings. The highest BCUT2D eigenvalue weighted by atomic mass is 79.9. The number of nitrogens with zero attached hydrogens (tertiary/aromatic N) is 1. The number of benzene rings is 2. The Bertz CT molecular complexity index is 1120. The number of H-pyrrole nitrogens is 1. The summed E-state index contributed by atoms with van der Waals surface area (Å²) in [4.78, 5) is 33.1. The number of ketones is 1. The lowest BCUT2D eigenvalue weighted by atomic mass is 9.93. The van der Waals surface area contributed by atoms with Crippen LogP contribution in [0.4, 0.5) is 5.69 Å². The average molecular weight is 465 g/mol. The number of carbonyl (C=O) groups is 1. The van der Waals surface area contributed by atoms with Gasteiger partial charge in [0.25, 0.3) is 5.56 Å². The van der Waals surface area contributed by atoms with Crippen molar-refractivity contribution in [3.05, 3.63) is 86.2 Å². The molecule has 4 nitrogen and oxygen atoms in total. The first-order valence-electron chi connectivity index (χ1n) is 9.99. The molecule has 0 radical (unpaired) electrons. The molecule has 2 aromatic carbocycles. The fraction of sp³-hybridized carbons (Fsp3) is 0.240. The van der Waals surface area contributed by atoms with E-state index in [0.29, 0.717) is 21.2 Å². The molecule has 0 fully saturated rings. The lowest BCUT2D eigenvalue weighted by Gasteiger charge is -2.16. The highest BCUT2D eigenvalue weighted by molar-refractivity contribution is 9.10. The maximum atomic E-state index is 13.2. The molecule has 30 heavy (non-hydrogen) atoms. The zero-order valence-electron chi connectivity index (χ0n) is 17.6. The normalized spacial score (nSPS) is 11.6. The van der Waals surface area contributed by atoms with Gasteiger partial charge in [0.15, 0.2) is 0 Å². The fourth-order valence-electron chi connectivity index (χ4n) is 3.48. The van der Waals surface area contributed by atoms with Gasteiger partial charge in [0.1, 0.15) is 0 Å². The Morgan fingerprint density at radius 1 is 0.967 bits per heavy atom. The van der Waals surface area contributed by atoms with Crippen LogP contribution >= 0.6 is 15.9 Å². The molecule has 0 saturated heterocycles. The van der Waals surface area contributed by atoms with Crippen LogP contribution in [0.2, 0.25) is 0 Å². The van der Waals surface area contributed by atoms with Crippen LogP contribution in [0.1, 0.15) is 61.0 Å². The average Bonchev–Trinajstić information content (AvgIpc) is 2.73. The number of rotatable bonds is 6. The summed E-state index contributed by atoms with van der Waals surface area (Å²) in [6.45, 7) is 8.45. The van der Waals surface area contributed by atoms with Crippen LogP contribution in [0.25, 0.3) is 11.1 Å². The second-order valence-electron chi connectivity index (χ2n) is 7.80. The van der Waals surface area contributed by atoms with Crippen LogP contribution in [0, 0.1) is 0 Å². The van der Waals surface area contributed by atoms with Crippen molar-refractivity contribution in [2.24, 2.45) is 4.99 Å². The minimum absolute atomic E-state index is 0.275. The SMILES string of the molecule is CC(C)c1cccc(C(C)C)c1N=CC(=O)c1c(Br)c[nH]c(=O)c1-c1ccccc1. The topological polar surface area (TPSA) is 62.3 Å². The Labute approximate surface area is 185 Å². The minimum atomic E-state index is -0.319. The number of aromatic amines is 1. The molecule has 1 heterocycles. The Morgan fingerprint density at radius 3 is 2.13 bits per heavy atom. The Hall–Kier alpha value is -2.79. The third-order valence-corrected chi connectivity index (χ3v) is 5.63. The number of hydrogen-bond acceptors (Lipinski definition) is 3. The summed E-state index contributed by atoms with van der Waals surface area (Å²) in [6.07, 6.45) is 2.83. The number of aliphatic imine (C=N–C) groups is 1. The summed E-state index contributed by atoms with van der Waals surface area (Å²) in [5.74, 6) is 0.231. The third kappa shape index (κ3) is 4.51. The number of para-hydroxylation sites is 1. The lowest BCUT2D eigenvalue weighted by molar-refractivity contribution is 0.107. The number of aromatic nitrogens is 1. The molecule has 0 amide bonds. The summed E-state index contributed by atoms with van der Waals surface area (Å²) >= 11 is 3.43. The predicted octanol–water partition coefficient (Wildman–Crippen LogP) is 6.64. The van der Waals surface area contributed by atoms with Gasteiger partial charge < -0.3 is 4.98 Å². The molecule has 0 aliphatic rings. The highest BCUT2D eigenvalue weighted by Crippen LogP contribution is 2.34. The van der Waals surface area contributed by atoms with E-state index in [0.717, 1.165) is 16.8 Å². The van der Waals surface area contributed by atoms with E-state index in [-0.39, 0.29) is 23.2 Å². The van der Waals surface area contributed by atoms with Crippen LogP contribution in [0.15, 0.2) is 69.0 Å². The third-order valence-electron chi connectivity index (χ3n) is 5.01. The summed E-state index contributed by atoms with van der Waals surface area (Å²) in [6, 6.07) is 15.3. The largest absolute Gasteiger partial charge is 0.327 e. The molecule has 0 unspecified atom stereocenters. The summed E-state index contributed by atoms with van der Waals surface area (Å²) in [5, 5.41) is 0. The Balaban J connectivity index is 2.12. The number of pyridine rings is 1. The summed E-state index contributed by atoms with van der Waals surface area (Å²) < 4.78 is 0.527. The standard InChI is InChI=1S/C25H25BrN2O2/c1-15(2)18-11-8-12-19(16(3)4)24(18)27-14-21(29)23-20(26)13-28-25(30)22(23)17-9-6-5-7-10-17/h5-16H,1-4H3,(H,28,30). The maximum Gasteiger partial charge on any atom is 0.256 e. The first-order valence-corrected chi connectivity index (χ1v) is 10.8. The van der Waals surface area contributed by atoms with Gasteiger partial charge in [-0.05, 0) is 44.5 Å². The number of halogens is 1. The van der Waals surface area contributed by atoms with Crippen molar-refractivity contribution in [3.8, 4) is 11.1 Å². The van der Waals surface area contributed by atoms with E-state index < -0.39 is 0 Å². The monoisotopic (exact) mass is 464 g/mol. The van der Waals surface area contributed by atoms with Gasteiger partial charge in [-0.2, -0.15) is 0 Å². The maximum absolute atomic E-state index is 13.2. The first kappa shape index (κ1) is 21.9. The van der Waals surface area contributed by atoms with Gasteiger partial charge >= 0.3 is 0 Å². The zero-order chi connectivity index (χ0) is 21.8. The van der Waals surface area contributed by atoms with Crippen LogP contribution < -0.4 is 5.56 Å². The van der Waals surface area contributed by atoms with E-state index >= 15 is 0 Å². The number of Topliss-reactive ketones (excluding diaryl/α,β-unsaturated/α-hetero) is 1. The van der Waals surface area contributed by atoms with Gasteiger partial charge in [-0.25, -0.2) is 0 Å². The Morgan fingerprint density at radius 2 is 1.57 bits per heavy atom. The molecule has 3 rings (SSSR count). The van der Waals surface area contributed by atoms with Crippen LogP contribution in [0.3, 0.4) is 0 Å². The van der Waals surface area contributed by atoms with E-state index in [1.165, 1.54) is 12.4 Å². The molecule has 0 atom stereocenters. The van der Waals surface area contributed by atoms with Gasteiger partial charge in [-0.1, -0.05) is 76.2 Å². The summed E-state index contributed by atoms with van der Waals surface area (Å²) in [7, 11) is 0. The van der Waals surface area contributed by atoms with Crippen molar-refractivity contribution in [2.45, 2.75) is 39.5 Å². The van der Waals surface area contributed by atoms with Crippen molar-refractivity contribution in [3.63, 3.8) is 0 Å². The molecule has 0 bridgehead atoms. The molecule has 1 N–H and O–H groups in total. The van der Waals surface area contributed by atoms with E-state index in [9.17, 15) is 9.59 Å². The van der Waals surface area contributed by atoms with Crippen LogP contribution in [-0.2, 0) is 0 Å². The van der Waals surface area contributed by atoms with Gasteiger partial charge in [0, 0.05) is 10.7 Å². The Kier molecular flexibility index (Phi) is 6.83. The quantitative estimate of drug-likeness (QED) is 0.328. The molecule has 0 spiro atoms. The van der Waals surface area contributed by atoms with Gasteiger partial charge in [0.05, 0.1) is 23.0 Å². The first-order chi connectivity index (χ1) is 14.3. The molecular formula is C25H25BrN2O2. The molecule has 0 saturated carbocycles. The van der Waals surface area contributed by atoms with Gasteiger partial charge in [-0.3, -0.25) is 14.6 Å². The fourth-order valence-corrected chi connectivity index (χ4v) is 3.98. The second kappa shape index (κ2) is 9.35. The van der Waals surface area contributed by atoms with E-state index in [4.69, 9.17) is 0 Å². The molecular weight excluding hydrogens is 440 g/mol. The zero-order valence-corrected chi connectivity index (χ0v) is 19.2. The van der Waals surface area contributed by atoms with Crippen LogP contribution in [0.5, 0.6) is 0 Å². The van der Waals surface area contributed by atoms with Gasteiger partial charge in [0.2, 0.25) is 5.78 Å². The molecule has 1 aromatic heterocycles. The van der Waals surface area contributed by atoms with Crippen molar-refractivity contribution in [2.75, 3.05) is 0 Å². The number of carbonyl (C=O) groups excluding carboxylic acids is 1. The highest BCUT2D eigenvalue weighted by Gasteiger charge is 2.19. The second-order valence-corrected chi connectivity index (χ2v) is 8.65. The van der Waals surface area contributed by atoms with Crippen molar-refractivity contribution in [1.82, 2.24) is 4.98 Å². The molecule has 0 aliphatic carbocycles. The molecule has 0 aliphatic heterocycles. The molecule has 5 heteroatoms.